The van der Waals surface area contributed by atoms with E-state index in [0.717, 1.165) is 12.3 Å². The van der Waals surface area contributed by atoms with E-state index in [1.54, 1.807) is 0 Å². The molecule has 15 heavy (non-hydrogen) atoms. The first-order chi connectivity index (χ1) is 7.17. The van der Waals surface area contributed by atoms with Crippen molar-refractivity contribution in [1.29, 1.82) is 0 Å². The van der Waals surface area contributed by atoms with Gasteiger partial charge in [0.05, 0.1) is 0 Å². The number of nitrogens with two attached hydrogens (primary N) is 1. The lowest BCUT2D eigenvalue weighted by atomic mass is 10.1. The molecule has 0 bridgehead atoms. The van der Waals surface area contributed by atoms with Crippen molar-refractivity contribution >= 4 is 5.91 Å². The molecule has 0 aromatic rings. The maximum atomic E-state index is 11.0. The van der Waals surface area contributed by atoms with Gasteiger partial charge < -0.3 is 4.90 Å². The van der Waals surface area contributed by atoms with Crippen LogP contribution >= 0.6 is 0 Å². The van der Waals surface area contributed by atoms with Gasteiger partial charge in [-0.05, 0) is 32.2 Å². The lowest BCUT2D eigenvalue weighted by Gasteiger charge is -2.23. The van der Waals surface area contributed by atoms with E-state index < -0.39 is 0 Å². The molecule has 1 aliphatic rings. The number of hydrogen-bond donors (Lipinski definition) is 2. The van der Waals surface area contributed by atoms with Crippen molar-refractivity contribution < 1.29 is 4.79 Å². The summed E-state index contributed by atoms with van der Waals surface area (Å²) in [5.41, 5.74) is 2.17. The van der Waals surface area contributed by atoms with Crippen LogP contribution in [0.15, 0.2) is 0 Å². The summed E-state index contributed by atoms with van der Waals surface area (Å²) in [6.45, 7) is 6.83. The quantitative estimate of drug-likeness (QED) is 0.405. The van der Waals surface area contributed by atoms with Crippen LogP contribution in [-0.4, -0.2) is 29.9 Å². The van der Waals surface area contributed by atoms with Gasteiger partial charge >= 0.3 is 0 Å². The molecule has 88 valence electrons. The maximum Gasteiger partial charge on any atom is 0.233 e. The molecule has 1 saturated heterocycles. The van der Waals surface area contributed by atoms with Gasteiger partial charge in [0, 0.05) is 19.0 Å². The largest absolute Gasteiger partial charge is 0.300 e. The van der Waals surface area contributed by atoms with Crippen molar-refractivity contribution in [3.8, 4) is 0 Å². The van der Waals surface area contributed by atoms with Crippen molar-refractivity contribution in [3.05, 3.63) is 0 Å². The molecule has 3 N–H and O–H groups in total. The van der Waals surface area contributed by atoms with Gasteiger partial charge in [0.1, 0.15) is 0 Å². The van der Waals surface area contributed by atoms with E-state index in [9.17, 15) is 4.79 Å². The Bertz CT molecular complexity index is 208. The van der Waals surface area contributed by atoms with Crippen LogP contribution in [0.5, 0.6) is 0 Å². The highest BCUT2D eigenvalue weighted by atomic mass is 16.2. The van der Waals surface area contributed by atoms with Gasteiger partial charge in [-0.15, -0.1) is 0 Å². The number of amides is 1. The molecule has 1 fully saturated rings. The summed E-state index contributed by atoms with van der Waals surface area (Å²) in [5.74, 6) is 5.84. The van der Waals surface area contributed by atoms with Gasteiger partial charge in [0.2, 0.25) is 5.91 Å². The van der Waals surface area contributed by atoms with Crippen LogP contribution in [0.3, 0.4) is 0 Å². The molecule has 4 heteroatoms. The lowest BCUT2D eigenvalue weighted by Crippen LogP contribution is -2.34. The molecular formula is C11H23N3O. The summed E-state index contributed by atoms with van der Waals surface area (Å²) >= 11 is 0. The molecule has 1 heterocycles. The zero-order valence-electron chi connectivity index (χ0n) is 9.83. The Kier molecular flexibility index (Phi) is 5.05. The summed E-state index contributed by atoms with van der Waals surface area (Å²) < 4.78 is 0. The minimum absolute atomic E-state index is 0.0620. The molecule has 0 aromatic carbocycles. The minimum Gasteiger partial charge on any atom is -0.300 e. The second-order valence-electron chi connectivity index (χ2n) is 4.51. The van der Waals surface area contributed by atoms with Crippen molar-refractivity contribution in [1.82, 2.24) is 10.3 Å². The molecule has 0 aromatic heterocycles. The molecule has 2 unspecified atom stereocenters. The number of hydrazine groups is 1. The van der Waals surface area contributed by atoms with Gasteiger partial charge in [-0.2, -0.15) is 0 Å². The first-order valence-corrected chi connectivity index (χ1v) is 5.90. The number of rotatable bonds is 5. The third-order valence-electron chi connectivity index (χ3n) is 3.47. The smallest absolute Gasteiger partial charge is 0.233 e. The number of carbonyl (C=O) groups excluding carboxylic acids is 1. The van der Waals surface area contributed by atoms with Crippen LogP contribution in [0.1, 0.15) is 39.5 Å². The zero-order valence-corrected chi connectivity index (χ0v) is 9.83. The number of nitrogens with one attached hydrogen (secondary N) is 1. The molecule has 0 spiro atoms. The average molecular weight is 213 g/mol. The van der Waals surface area contributed by atoms with Gasteiger partial charge in [0.25, 0.3) is 0 Å². The van der Waals surface area contributed by atoms with E-state index in [0.29, 0.717) is 12.5 Å². The second-order valence-corrected chi connectivity index (χ2v) is 4.51. The van der Waals surface area contributed by atoms with Crippen molar-refractivity contribution in [2.75, 3.05) is 13.1 Å². The first-order valence-electron chi connectivity index (χ1n) is 5.90. The Labute approximate surface area is 92.2 Å². The summed E-state index contributed by atoms with van der Waals surface area (Å²) in [5, 5.41) is 0. The Balaban J connectivity index is 2.23. The highest BCUT2D eigenvalue weighted by Crippen LogP contribution is 2.22. The number of nitrogens with zero attached hydrogens (tertiary/aromatic N) is 1. The van der Waals surface area contributed by atoms with E-state index in [4.69, 9.17) is 5.84 Å². The van der Waals surface area contributed by atoms with Gasteiger partial charge in [-0.25, -0.2) is 5.84 Å². The van der Waals surface area contributed by atoms with Crippen molar-refractivity contribution in [2.45, 2.75) is 45.6 Å². The van der Waals surface area contributed by atoms with E-state index in [-0.39, 0.29) is 5.91 Å². The van der Waals surface area contributed by atoms with E-state index in [2.05, 4.69) is 24.2 Å². The average Bonchev–Trinajstić information content (AvgIpc) is 2.73. The summed E-state index contributed by atoms with van der Waals surface area (Å²) in [4.78, 5) is 13.5. The third kappa shape index (κ3) is 3.80. The highest BCUT2D eigenvalue weighted by molar-refractivity contribution is 5.75. The third-order valence-corrected chi connectivity index (χ3v) is 3.47. The van der Waals surface area contributed by atoms with Gasteiger partial charge in [0.15, 0.2) is 0 Å². The summed E-state index contributed by atoms with van der Waals surface area (Å²) in [7, 11) is 0. The molecular weight excluding hydrogens is 190 g/mol. The molecule has 1 rings (SSSR count). The molecule has 1 amide bonds. The van der Waals surface area contributed by atoms with Crippen LogP contribution in [0.25, 0.3) is 0 Å². The molecule has 2 atom stereocenters. The summed E-state index contributed by atoms with van der Waals surface area (Å²) in [6.07, 6.45) is 4.01. The summed E-state index contributed by atoms with van der Waals surface area (Å²) in [6, 6.07) is 0.499. The molecule has 4 nitrogen and oxygen atoms in total. The Morgan fingerprint density at radius 3 is 2.93 bits per heavy atom. The fraction of sp³-hybridized carbons (Fsp3) is 0.909. The zero-order chi connectivity index (χ0) is 11.3. The monoisotopic (exact) mass is 213 g/mol. The number of carbonyl (C=O) groups is 1. The van der Waals surface area contributed by atoms with Crippen LogP contribution < -0.4 is 11.3 Å². The molecule has 0 radical (unpaired) electrons. The highest BCUT2D eigenvalue weighted by Gasteiger charge is 2.24. The topological polar surface area (TPSA) is 58.4 Å². The fourth-order valence-electron chi connectivity index (χ4n) is 2.19. The van der Waals surface area contributed by atoms with Crippen LogP contribution in [0.4, 0.5) is 0 Å². The molecule has 0 aliphatic carbocycles. The van der Waals surface area contributed by atoms with E-state index in [1.807, 2.05) is 0 Å². The minimum atomic E-state index is -0.0620. The Morgan fingerprint density at radius 2 is 2.40 bits per heavy atom. The first kappa shape index (κ1) is 12.5. The van der Waals surface area contributed by atoms with Crippen LogP contribution in [0.2, 0.25) is 0 Å². The number of likely N-dealkylation sites (tertiary alicyclic amines) is 1. The lowest BCUT2D eigenvalue weighted by molar-refractivity contribution is -0.121. The van der Waals surface area contributed by atoms with Crippen LogP contribution in [0, 0.1) is 5.92 Å². The van der Waals surface area contributed by atoms with E-state index in [1.165, 1.54) is 25.9 Å². The van der Waals surface area contributed by atoms with Crippen molar-refractivity contribution in [2.24, 2.45) is 11.8 Å². The molecule has 0 saturated carbocycles. The second kappa shape index (κ2) is 6.08. The van der Waals surface area contributed by atoms with Gasteiger partial charge in [-0.3, -0.25) is 10.2 Å². The maximum absolute atomic E-state index is 11.0. The SMILES string of the molecule is CCC1CCN(C(C)CCC(=O)NN)C1. The Hall–Kier alpha value is -0.610. The number of hydrogen-bond acceptors (Lipinski definition) is 3. The van der Waals surface area contributed by atoms with Crippen LogP contribution in [-0.2, 0) is 4.79 Å². The predicted molar refractivity (Wildman–Crippen MR) is 61.0 cm³/mol. The van der Waals surface area contributed by atoms with E-state index >= 15 is 0 Å². The fourth-order valence-corrected chi connectivity index (χ4v) is 2.19. The Morgan fingerprint density at radius 1 is 1.67 bits per heavy atom. The predicted octanol–water partition coefficient (Wildman–Crippen LogP) is 0.877. The normalized spacial score (nSPS) is 24.1. The van der Waals surface area contributed by atoms with Crippen molar-refractivity contribution in [3.63, 3.8) is 0 Å². The molecule has 1 aliphatic heterocycles. The standard InChI is InChI=1S/C11H23N3O/c1-3-10-6-7-14(8-10)9(2)4-5-11(15)13-12/h9-10H,3-8,12H2,1-2H3,(H,13,15). The van der Waals surface area contributed by atoms with Gasteiger partial charge in [-0.1, -0.05) is 13.3 Å².